The SMILES string of the molecule is N#CC1=C2C=C(N3CCc4cc(S(=O)(=O)C(F)(F)F)ccc43)CCC2CCC1=[N+]1CCc2cc(S(=O)(=O)C(F)(F)F)ccc21. The monoisotopic (exact) mass is 656 g/mol. The number of fused-ring (bicyclic) bond motifs is 3. The van der Waals surface area contributed by atoms with Crippen molar-refractivity contribution in [1.82, 2.24) is 0 Å². The summed E-state index contributed by atoms with van der Waals surface area (Å²) >= 11 is 0. The summed E-state index contributed by atoms with van der Waals surface area (Å²) in [6.07, 6.45) is 5.20. The molecule has 232 valence electrons. The average Bonchev–Trinajstić information content (AvgIpc) is 3.58. The number of hydrogen-bond donors (Lipinski definition) is 0. The van der Waals surface area contributed by atoms with Crippen LogP contribution in [-0.2, 0) is 32.5 Å². The molecule has 0 amide bonds. The molecular formula is C29H24F6N3O4S2+. The number of allylic oxidation sites excluding steroid dienone is 4. The minimum atomic E-state index is -5.50. The lowest BCUT2D eigenvalue weighted by Crippen LogP contribution is -2.29. The molecule has 0 saturated heterocycles. The summed E-state index contributed by atoms with van der Waals surface area (Å²) in [5.41, 5.74) is -5.99. The lowest BCUT2D eigenvalue weighted by atomic mass is 9.76. The van der Waals surface area contributed by atoms with Crippen LogP contribution in [0.3, 0.4) is 0 Å². The molecule has 0 aromatic heterocycles. The molecule has 1 atom stereocenters. The van der Waals surface area contributed by atoms with Crippen molar-refractivity contribution in [3.8, 4) is 6.07 Å². The van der Waals surface area contributed by atoms with Gasteiger partial charge >= 0.3 is 11.0 Å². The Labute approximate surface area is 249 Å². The molecule has 0 fully saturated rings. The third-order valence-corrected chi connectivity index (χ3v) is 11.7. The minimum absolute atomic E-state index is 0.0832. The van der Waals surface area contributed by atoms with Crippen molar-refractivity contribution in [2.24, 2.45) is 5.92 Å². The van der Waals surface area contributed by atoms with Gasteiger partial charge in [0.05, 0.1) is 9.79 Å². The fraction of sp³-hybridized carbons (Fsp3) is 0.379. The zero-order chi connectivity index (χ0) is 31.8. The molecule has 7 nitrogen and oxygen atoms in total. The van der Waals surface area contributed by atoms with Crippen molar-refractivity contribution in [3.63, 3.8) is 0 Å². The second-order valence-electron chi connectivity index (χ2n) is 11.1. The second kappa shape index (κ2) is 10.2. The van der Waals surface area contributed by atoms with Gasteiger partial charge in [-0.15, -0.1) is 0 Å². The maximum absolute atomic E-state index is 13.1. The summed E-state index contributed by atoms with van der Waals surface area (Å²) < 4.78 is 128. The highest BCUT2D eigenvalue weighted by Gasteiger charge is 2.48. The highest BCUT2D eigenvalue weighted by Crippen LogP contribution is 2.44. The Hall–Kier alpha value is -3.64. The van der Waals surface area contributed by atoms with Crippen LogP contribution in [0.4, 0.5) is 37.7 Å². The molecule has 0 N–H and O–H groups in total. The molecule has 2 aromatic carbocycles. The molecule has 15 heteroatoms. The van der Waals surface area contributed by atoms with Crippen LogP contribution in [0.5, 0.6) is 0 Å². The first-order chi connectivity index (χ1) is 20.5. The van der Waals surface area contributed by atoms with Gasteiger partial charge < -0.3 is 4.90 Å². The van der Waals surface area contributed by atoms with Crippen LogP contribution < -0.4 is 4.90 Å². The number of anilines is 1. The zero-order valence-corrected chi connectivity index (χ0v) is 24.5. The number of rotatable bonds is 3. The van der Waals surface area contributed by atoms with E-state index in [1.807, 2.05) is 15.6 Å². The quantitative estimate of drug-likeness (QED) is 0.302. The molecule has 0 bridgehead atoms. The van der Waals surface area contributed by atoms with E-state index in [0.29, 0.717) is 72.6 Å². The van der Waals surface area contributed by atoms with Crippen LogP contribution >= 0.6 is 0 Å². The number of nitriles is 1. The fourth-order valence-electron chi connectivity index (χ4n) is 6.57. The Bertz CT molecular complexity index is 1950. The Kier molecular flexibility index (Phi) is 7.04. The first kappa shape index (κ1) is 30.4. The molecule has 0 radical (unpaired) electrons. The Morgan fingerprint density at radius 1 is 0.818 bits per heavy atom. The van der Waals surface area contributed by atoms with E-state index in [0.717, 1.165) is 48.4 Å². The van der Waals surface area contributed by atoms with E-state index in [2.05, 4.69) is 6.07 Å². The average molecular weight is 657 g/mol. The van der Waals surface area contributed by atoms with Gasteiger partial charge in [0.1, 0.15) is 11.6 Å². The third-order valence-electron chi connectivity index (χ3n) is 8.73. The molecule has 2 aliphatic heterocycles. The summed E-state index contributed by atoms with van der Waals surface area (Å²) in [6.45, 7) is 0.790. The summed E-state index contributed by atoms with van der Waals surface area (Å²) in [5.74, 6) is 0.0832. The van der Waals surface area contributed by atoms with Crippen LogP contribution in [0.2, 0.25) is 0 Å². The zero-order valence-electron chi connectivity index (χ0n) is 22.8. The number of hydrogen-bond acceptors (Lipinski definition) is 6. The van der Waals surface area contributed by atoms with E-state index >= 15 is 0 Å². The van der Waals surface area contributed by atoms with Gasteiger partial charge in [0.15, 0.2) is 12.3 Å². The van der Waals surface area contributed by atoms with Crippen LogP contribution in [0.1, 0.15) is 36.8 Å². The van der Waals surface area contributed by atoms with Gasteiger partial charge in [-0.25, -0.2) is 16.8 Å². The lowest BCUT2D eigenvalue weighted by Gasteiger charge is -2.33. The first-order valence-electron chi connectivity index (χ1n) is 13.7. The van der Waals surface area contributed by atoms with E-state index in [1.165, 1.54) is 12.1 Å². The van der Waals surface area contributed by atoms with Gasteiger partial charge in [-0.05, 0) is 79.1 Å². The minimum Gasteiger partial charge on any atom is -0.345 e. The molecular weight excluding hydrogens is 632 g/mol. The molecule has 2 heterocycles. The van der Waals surface area contributed by atoms with E-state index in [9.17, 15) is 48.4 Å². The molecule has 4 aliphatic rings. The summed E-state index contributed by atoms with van der Waals surface area (Å²) in [6, 6.07) is 9.01. The largest absolute Gasteiger partial charge is 0.501 e. The van der Waals surface area contributed by atoms with Crippen molar-refractivity contribution >= 4 is 36.8 Å². The van der Waals surface area contributed by atoms with Crippen LogP contribution in [0.15, 0.2) is 69.1 Å². The first-order valence-corrected chi connectivity index (χ1v) is 16.7. The van der Waals surface area contributed by atoms with Gasteiger partial charge in [0, 0.05) is 42.4 Å². The normalized spacial score (nSPS) is 22.3. The number of nitrogens with zero attached hydrogens (tertiary/aromatic N) is 3. The Balaban J connectivity index is 1.37. The van der Waals surface area contributed by atoms with Gasteiger partial charge in [-0.3, -0.25) is 0 Å². The van der Waals surface area contributed by atoms with Crippen molar-refractivity contribution in [2.45, 2.75) is 59.3 Å². The standard InChI is InChI=1S/C29H24F6N3O4S2/c30-28(31,32)43(39,40)21-4-7-25-18(13-21)9-11-37(25)20-3-1-17-2-6-27(24(16-36)23(17)15-20)38-12-10-19-14-22(5-8-26(19)38)44(41,42)29(33,34)35/h4-5,7-8,13-15,17H,1-3,6,9-12H2/q+1. The van der Waals surface area contributed by atoms with Gasteiger partial charge in [0.25, 0.3) is 19.7 Å². The van der Waals surface area contributed by atoms with E-state index < -0.39 is 40.5 Å². The second-order valence-corrected chi connectivity index (χ2v) is 15.0. The maximum Gasteiger partial charge on any atom is 0.501 e. The fourth-order valence-corrected chi connectivity index (χ4v) is 8.20. The van der Waals surface area contributed by atoms with Crippen molar-refractivity contribution in [1.29, 1.82) is 5.26 Å². The summed E-state index contributed by atoms with van der Waals surface area (Å²) in [7, 11) is -11.0. The van der Waals surface area contributed by atoms with Crippen LogP contribution in [0.25, 0.3) is 0 Å². The van der Waals surface area contributed by atoms with Crippen LogP contribution in [0, 0.1) is 17.2 Å². The predicted molar refractivity (Wildman–Crippen MR) is 147 cm³/mol. The smallest absolute Gasteiger partial charge is 0.345 e. The van der Waals surface area contributed by atoms with E-state index in [4.69, 9.17) is 0 Å². The van der Waals surface area contributed by atoms with Crippen LogP contribution in [-0.4, -0.2) is 51.2 Å². The number of alkyl halides is 6. The molecule has 2 aliphatic carbocycles. The lowest BCUT2D eigenvalue weighted by molar-refractivity contribution is -0.430. The third kappa shape index (κ3) is 4.73. The predicted octanol–water partition coefficient (Wildman–Crippen LogP) is 5.89. The number of halogens is 6. The van der Waals surface area contributed by atoms with Crippen molar-refractivity contribution in [2.75, 3.05) is 18.0 Å². The van der Waals surface area contributed by atoms with Gasteiger partial charge in [0.2, 0.25) is 5.69 Å². The van der Waals surface area contributed by atoms with Crippen molar-refractivity contribution < 1.29 is 47.8 Å². The Morgan fingerprint density at radius 3 is 2.07 bits per heavy atom. The highest BCUT2D eigenvalue weighted by atomic mass is 32.2. The summed E-state index contributed by atoms with van der Waals surface area (Å²) in [4.78, 5) is 0.296. The molecule has 0 spiro atoms. The van der Waals surface area contributed by atoms with E-state index in [1.54, 1.807) is 0 Å². The Morgan fingerprint density at radius 2 is 1.43 bits per heavy atom. The highest BCUT2D eigenvalue weighted by molar-refractivity contribution is 7.92. The molecule has 2 aromatic rings. The molecule has 6 rings (SSSR count). The molecule has 1 unspecified atom stereocenters. The van der Waals surface area contributed by atoms with Gasteiger partial charge in [-0.1, -0.05) is 0 Å². The number of sulfone groups is 2. The molecule has 0 saturated carbocycles. The summed E-state index contributed by atoms with van der Waals surface area (Å²) in [5, 5.41) is 10.3. The topological polar surface area (TPSA) is 98.3 Å². The van der Waals surface area contributed by atoms with E-state index in [-0.39, 0.29) is 5.92 Å². The maximum atomic E-state index is 13.1. The van der Waals surface area contributed by atoms with Crippen molar-refractivity contribution in [3.05, 3.63) is 70.4 Å². The molecule has 44 heavy (non-hydrogen) atoms. The number of benzene rings is 2. The van der Waals surface area contributed by atoms with Gasteiger partial charge in [-0.2, -0.15) is 36.2 Å².